The number of hydrogen-bond acceptors (Lipinski definition) is 6. The zero-order chi connectivity index (χ0) is 16.4. The summed E-state index contributed by atoms with van der Waals surface area (Å²) in [5, 5.41) is 6.34. The maximum absolute atomic E-state index is 12.3. The minimum atomic E-state index is -0.643. The Morgan fingerprint density at radius 2 is 2.09 bits per heavy atom. The van der Waals surface area contributed by atoms with Crippen LogP contribution in [0.2, 0.25) is 0 Å². The van der Waals surface area contributed by atoms with Crippen molar-refractivity contribution in [1.82, 2.24) is 10.4 Å². The molecule has 2 aromatic rings. The van der Waals surface area contributed by atoms with E-state index in [1.807, 2.05) is 30.5 Å². The number of amidine groups is 1. The Morgan fingerprint density at radius 1 is 1.35 bits per heavy atom. The van der Waals surface area contributed by atoms with Gasteiger partial charge in [0, 0.05) is 5.38 Å². The summed E-state index contributed by atoms with van der Waals surface area (Å²) in [5.41, 5.74) is 4.25. The van der Waals surface area contributed by atoms with Crippen LogP contribution in [0.15, 0.2) is 40.7 Å². The number of aryl methyl sites for hydroxylation is 1. The van der Waals surface area contributed by atoms with Gasteiger partial charge >= 0.3 is 0 Å². The fourth-order valence-electron chi connectivity index (χ4n) is 2.07. The van der Waals surface area contributed by atoms with Crippen LogP contribution in [0.5, 0.6) is 0 Å². The van der Waals surface area contributed by atoms with Crippen LogP contribution in [-0.4, -0.2) is 28.7 Å². The second-order valence-corrected chi connectivity index (χ2v) is 5.88. The van der Waals surface area contributed by atoms with Crippen LogP contribution in [0.3, 0.4) is 0 Å². The van der Waals surface area contributed by atoms with Gasteiger partial charge < -0.3 is 0 Å². The lowest BCUT2D eigenvalue weighted by Gasteiger charge is -2.30. The lowest BCUT2D eigenvalue weighted by atomic mass is 10.2. The number of rotatable bonds is 3. The van der Waals surface area contributed by atoms with E-state index in [0.29, 0.717) is 10.8 Å². The van der Waals surface area contributed by atoms with Gasteiger partial charge in [0.15, 0.2) is 5.13 Å². The Kier molecular flexibility index (Phi) is 4.07. The summed E-state index contributed by atoms with van der Waals surface area (Å²) in [5.74, 6) is -0.578. The molecule has 0 saturated carbocycles. The molecule has 8 heteroatoms. The third-order valence-electron chi connectivity index (χ3n) is 3.19. The van der Waals surface area contributed by atoms with Crippen LogP contribution >= 0.6 is 11.3 Å². The maximum atomic E-state index is 12.3. The standard InChI is InChI=1S/C15H15N5O2S/c1-9-8-23-15(16-9)18-13(21)12-17-10(2)14(22)20(19-12)11-6-4-3-5-7-11/h3-8,10H,1-2H3,(H,17,19)(H,16,18,21)/t10-/m1/s1. The molecule has 118 valence electrons. The molecule has 2 N–H and O–H groups in total. The average Bonchev–Trinajstić information content (AvgIpc) is 2.95. The number of aromatic nitrogens is 1. The van der Waals surface area contributed by atoms with Crippen molar-refractivity contribution in [3.8, 4) is 0 Å². The number of thiazole rings is 1. The maximum Gasteiger partial charge on any atom is 0.294 e. The quantitative estimate of drug-likeness (QED) is 0.898. The monoisotopic (exact) mass is 329 g/mol. The molecule has 0 fully saturated rings. The van der Waals surface area contributed by atoms with Crippen molar-refractivity contribution in [3.05, 3.63) is 41.4 Å². The molecule has 7 nitrogen and oxygen atoms in total. The van der Waals surface area contributed by atoms with E-state index in [9.17, 15) is 9.59 Å². The van der Waals surface area contributed by atoms with E-state index >= 15 is 0 Å². The van der Waals surface area contributed by atoms with E-state index in [4.69, 9.17) is 0 Å². The van der Waals surface area contributed by atoms with Crippen molar-refractivity contribution >= 4 is 39.8 Å². The summed E-state index contributed by atoms with van der Waals surface area (Å²) >= 11 is 1.33. The minimum Gasteiger partial charge on any atom is -0.295 e. The lowest BCUT2D eigenvalue weighted by Crippen LogP contribution is -2.57. The zero-order valence-corrected chi connectivity index (χ0v) is 13.4. The minimum absolute atomic E-state index is 0.0776. The zero-order valence-electron chi connectivity index (χ0n) is 12.6. The van der Waals surface area contributed by atoms with Crippen molar-refractivity contribution in [1.29, 1.82) is 0 Å². The van der Waals surface area contributed by atoms with Crippen LogP contribution in [0.25, 0.3) is 0 Å². The molecule has 2 amide bonds. The Balaban J connectivity index is 1.81. The molecule has 0 saturated heterocycles. The van der Waals surface area contributed by atoms with Crippen molar-refractivity contribution in [2.45, 2.75) is 19.9 Å². The molecule has 1 aromatic heterocycles. The third kappa shape index (κ3) is 3.21. The highest BCUT2D eigenvalue weighted by Gasteiger charge is 2.30. The van der Waals surface area contributed by atoms with Crippen LogP contribution < -0.4 is 15.8 Å². The smallest absolute Gasteiger partial charge is 0.294 e. The third-order valence-corrected chi connectivity index (χ3v) is 4.06. The van der Waals surface area contributed by atoms with Gasteiger partial charge in [0.25, 0.3) is 11.8 Å². The SMILES string of the molecule is Cc1csc(NC(=O)C2=N[C@H](C)C(=O)N(c3ccccc3)N2)n1. The molecule has 1 aromatic carbocycles. The first kappa shape index (κ1) is 15.2. The Morgan fingerprint density at radius 3 is 2.74 bits per heavy atom. The lowest BCUT2D eigenvalue weighted by molar-refractivity contribution is -0.120. The second kappa shape index (κ2) is 6.17. The number of hydrazine groups is 1. The fourth-order valence-corrected chi connectivity index (χ4v) is 2.75. The highest BCUT2D eigenvalue weighted by Crippen LogP contribution is 2.17. The van der Waals surface area contributed by atoms with Crippen LogP contribution in [0.4, 0.5) is 10.8 Å². The number of nitrogens with zero attached hydrogens (tertiary/aromatic N) is 3. The molecule has 1 aliphatic heterocycles. The number of carbonyl (C=O) groups is 2. The predicted molar refractivity (Wildman–Crippen MR) is 89.4 cm³/mol. The number of hydrogen-bond donors (Lipinski definition) is 2. The van der Waals surface area contributed by atoms with Crippen molar-refractivity contribution in [2.75, 3.05) is 10.3 Å². The summed E-state index contributed by atoms with van der Waals surface area (Å²) in [6, 6.07) is 8.41. The topological polar surface area (TPSA) is 86.7 Å². The number of nitrogens with one attached hydrogen (secondary N) is 2. The van der Waals surface area contributed by atoms with Crippen molar-refractivity contribution < 1.29 is 9.59 Å². The molecule has 3 rings (SSSR count). The van der Waals surface area contributed by atoms with E-state index in [-0.39, 0.29) is 11.7 Å². The molecule has 2 heterocycles. The van der Waals surface area contributed by atoms with E-state index < -0.39 is 11.9 Å². The molecular weight excluding hydrogens is 314 g/mol. The van der Waals surface area contributed by atoms with Gasteiger partial charge in [0.2, 0.25) is 5.84 Å². The summed E-state index contributed by atoms with van der Waals surface area (Å²) < 4.78 is 0. The van der Waals surface area contributed by atoms with Gasteiger partial charge in [0.05, 0.1) is 11.4 Å². The van der Waals surface area contributed by atoms with Crippen LogP contribution in [-0.2, 0) is 9.59 Å². The second-order valence-electron chi connectivity index (χ2n) is 5.02. The van der Waals surface area contributed by atoms with E-state index in [2.05, 4.69) is 20.7 Å². The molecule has 0 unspecified atom stereocenters. The summed E-state index contributed by atoms with van der Waals surface area (Å²) in [7, 11) is 0. The number of para-hydroxylation sites is 1. The van der Waals surface area contributed by atoms with Gasteiger partial charge in [-0.2, -0.15) is 0 Å². The molecule has 23 heavy (non-hydrogen) atoms. The first-order chi connectivity index (χ1) is 11.0. The first-order valence-electron chi connectivity index (χ1n) is 7.01. The van der Waals surface area contributed by atoms with Gasteiger partial charge in [-0.1, -0.05) is 18.2 Å². The number of carbonyl (C=O) groups excluding carboxylic acids is 2. The molecule has 0 spiro atoms. The summed E-state index contributed by atoms with van der Waals surface area (Å²) in [6.45, 7) is 3.50. The van der Waals surface area contributed by atoms with Gasteiger partial charge in [-0.15, -0.1) is 11.3 Å². The van der Waals surface area contributed by atoms with E-state index in [0.717, 1.165) is 5.69 Å². The highest BCUT2D eigenvalue weighted by atomic mass is 32.1. The number of benzene rings is 1. The molecule has 0 bridgehead atoms. The fraction of sp³-hybridized carbons (Fsp3) is 0.200. The first-order valence-corrected chi connectivity index (χ1v) is 7.89. The van der Waals surface area contributed by atoms with Crippen LogP contribution in [0.1, 0.15) is 12.6 Å². The number of amides is 2. The molecule has 0 radical (unpaired) electrons. The largest absolute Gasteiger partial charge is 0.295 e. The Bertz CT molecular complexity index is 771. The molecule has 1 atom stereocenters. The van der Waals surface area contributed by atoms with E-state index in [1.54, 1.807) is 19.1 Å². The summed E-state index contributed by atoms with van der Waals surface area (Å²) in [4.78, 5) is 32.9. The molecule has 0 aliphatic carbocycles. The van der Waals surface area contributed by atoms with Crippen molar-refractivity contribution in [3.63, 3.8) is 0 Å². The molecule has 1 aliphatic rings. The normalized spacial score (nSPS) is 17.5. The Hall–Kier alpha value is -2.74. The van der Waals surface area contributed by atoms with Gasteiger partial charge in [-0.25, -0.2) is 15.0 Å². The summed E-state index contributed by atoms with van der Waals surface area (Å²) in [6.07, 6.45) is 0. The van der Waals surface area contributed by atoms with Gasteiger partial charge in [-0.3, -0.25) is 20.3 Å². The van der Waals surface area contributed by atoms with Gasteiger partial charge in [0.1, 0.15) is 6.04 Å². The number of anilines is 2. The number of aliphatic imine (C=N–C) groups is 1. The highest BCUT2D eigenvalue weighted by molar-refractivity contribution is 7.14. The van der Waals surface area contributed by atoms with Crippen LogP contribution in [0, 0.1) is 6.92 Å². The Labute approximate surface area is 137 Å². The van der Waals surface area contributed by atoms with Gasteiger partial charge in [-0.05, 0) is 26.0 Å². The molecular formula is C15H15N5O2S. The van der Waals surface area contributed by atoms with Crippen molar-refractivity contribution in [2.24, 2.45) is 4.99 Å². The average molecular weight is 329 g/mol. The van der Waals surface area contributed by atoms with E-state index in [1.165, 1.54) is 16.3 Å². The predicted octanol–water partition coefficient (Wildman–Crippen LogP) is 1.73.